The van der Waals surface area contributed by atoms with Crippen LogP contribution in [0.4, 0.5) is 5.82 Å². The molecule has 0 fully saturated rings. The zero-order valence-electron chi connectivity index (χ0n) is 10.4. The number of nitrogens with one attached hydrogen (secondary N) is 1. The number of aromatic nitrogens is 3. The minimum Gasteiger partial charge on any atom is -0.370 e. The third kappa shape index (κ3) is 3.26. The highest BCUT2D eigenvalue weighted by Crippen LogP contribution is 2.17. The Morgan fingerprint density at radius 2 is 2.11 bits per heavy atom. The van der Waals surface area contributed by atoms with Crippen LogP contribution in [0.3, 0.4) is 0 Å². The first-order chi connectivity index (χ1) is 8.69. The lowest BCUT2D eigenvalue weighted by molar-refractivity contribution is 0.961. The highest BCUT2D eigenvalue weighted by atomic mass is 79.9. The molecule has 0 spiro atoms. The minimum atomic E-state index is 0.654. The third-order valence-corrected chi connectivity index (χ3v) is 2.84. The van der Waals surface area contributed by atoms with Crippen molar-refractivity contribution in [1.82, 2.24) is 15.0 Å². The van der Waals surface area contributed by atoms with Crippen molar-refractivity contribution >= 4 is 21.7 Å². The van der Waals surface area contributed by atoms with Crippen LogP contribution in [0.15, 0.2) is 28.9 Å². The predicted molar refractivity (Wildman–Crippen MR) is 76.5 cm³/mol. The zero-order chi connectivity index (χ0) is 13.0. The summed E-state index contributed by atoms with van der Waals surface area (Å²) in [6, 6.07) is 5.79. The first-order valence-electron chi connectivity index (χ1n) is 5.90. The van der Waals surface area contributed by atoms with Crippen LogP contribution in [0.5, 0.6) is 0 Å². The molecule has 0 aromatic carbocycles. The van der Waals surface area contributed by atoms with E-state index in [4.69, 9.17) is 0 Å². The van der Waals surface area contributed by atoms with Gasteiger partial charge in [0.15, 0.2) is 5.82 Å². The van der Waals surface area contributed by atoms with Crippen molar-refractivity contribution in [3.63, 3.8) is 0 Å². The Balaban J connectivity index is 2.32. The van der Waals surface area contributed by atoms with E-state index >= 15 is 0 Å². The Kier molecular flexibility index (Phi) is 4.25. The van der Waals surface area contributed by atoms with Gasteiger partial charge in [-0.3, -0.25) is 4.98 Å². The lowest BCUT2D eigenvalue weighted by Gasteiger charge is -2.07. The second-order valence-corrected chi connectivity index (χ2v) is 4.92. The van der Waals surface area contributed by atoms with Crippen LogP contribution in [-0.2, 0) is 0 Å². The van der Waals surface area contributed by atoms with Crippen molar-refractivity contribution in [2.24, 2.45) is 0 Å². The van der Waals surface area contributed by atoms with E-state index < -0.39 is 0 Å². The van der Waals surface area contributed by atoms with Gasteiger partial charge in [-0.05, 0) is 41.4 Å². The molecule has 0 saturated carbocycles. The Labute approximate surface area is 115 Å². The maximum Gasteiger partial charge on any atom is 0.180 e. The topological polar surface area (TPSA) is 50.7 Å². The van der Waals surface area contributed by atoms with Crippen LogP contribution >= 0.6 is 15.9 Å². The van der Waals surface area contributed by atoms with E-state index in [9.17, 15) is 0 Å². The van der Waals surface area contributed by atoms with Crippen molar-refractivity contribution in [1.29, 1.82) is 0 Å². The van der Waals surface area contributed by atoms with E-state index in [1.807, 2.05) is 25.1 Å². The minimum absolute atomic E-state index is 0.654. The molecule has 0 saturated heterocycles. The number of anilines is 1. The van der Waals surface area contributed by atoms with Gasteiger partial charge in [-0.2, -0.15) is 0 Å². The Hall–Kier alpha value is -1.49. The van der Waals surface area contributed by atoms with Crippen LogP contribution in [0.2, 0.25) is 0 Å². The summed E-state index contributed by atoms with van der Waals surface area (Å²) in [6.45, 7) is 4.99. The zero-order valence-corrected chi connectivity index (χ0v) is 12.0. The van der Waals surface area contributed by atoms with Crippen LogP contribution in [0.25, 0.3) is 11.5 Å². The quantitative estimate of drug-likeness (QED) is 0.940. The highest BCUT2D eigenvalue weighted by Gasteiger charge is 2.05. The first kappa shape index (κ1) is 13.0. The fourth-order valence-electron chi connectivity index (χ4n) is 1.53. The molecular weight excluding hydrogens is 292 g/mol. The number of hydrogen-bond acceptors (Lipinski definition) is 4. The van der Waals surface area contributed by atoms with Gasteiger partial charge in [0.25, 0.3) is 0 Å². The first-order valence-corrected chi connectivity index (χ1v) is 6.70. The molecule has 0 aliphatic carbocycles. The van der Waals surface area contributed by atoms with Gasteiger partial charge in [0.1, 0.15) is 11.5 Å². The average Bonchev–Trinajstić information content (AvgIpc) is 2.36. The van der Waals surface area contributed by atoms with Gasteiger partial charge in [-0.15, -0.1) is 0 Å². The van der Waals surface area contributed by atoms with Crippen molar-refractivity contribution < 1.29 is 0 Å². The summed E-state index contributed by atoms with van der Waals surface area (Å²) in [6.07, 6.45) is 2.81. The molecule has 0 atom stereocenters. The second kappa shape index (κ2) is 5.91. The Morgan fingerprint density at radius 1 is 1.28 bits per heavy atom. The van der Waals surface area contributed by atoms with Gasteiger partial charge in [-0.1, -0.05) is 6.92 Å². The molecule has 0 unspecified atom stereocenters. The molecule has 0 bridgehead atoms. The van der Waals surface area contributed by atoms with Crippen molar-refractivity contribution in [3.05, 3.63) is 34.6 Å². The molecule has 1 N–H and O–H groups in total. The smallest absolute Gasteiger partial charge is 0.180 e. The lowest BCUT2D eigenvalue weighted by atomic mass is 10.3. The van der Waals surface area contributed by atoms with Gasteiger partial charge >= 0.3 is 0 Å². The predicted octanol–water partition coefficient (Wildman–Crippen LogP) is 3.43. The maximum atomic E-state index is 4.47. The summed E-state index contributed by atoms with van der Waals surface area (Å²) < 4.78 is 0.947. The number of pyridine rings is 1. The van der Waals surface area contributed by atoms with Crippen molar-refractivity contribution in [2.45, 2.75) is 20.3 Å². The summed E-state index contributed by atoms with van der Waals surface area (Å²) in [5.41, 5.74) is 1.71. The molecule has 2 rings (SSSR count). The van der Waals surface area contributed by atoms with E-state index in [2.05, 4.69) is 43.1 Å². The molecule has 0 radical (unpaired) electrons. The molecule has 4 nitrogen and oxygen atoms in total. The summed E-state index contributed by atoms with van der Waals surface area (Å²) in [4.78, 5) is 13.2. The summed E-state index contributed by atoms with van der Waals surface area (Å²) in [5, 5.41) is 3.27. The van der Waals surface area contributed by atoms with Crippen LogP contribution in [0.1, 0.15) is 19.0 Å². The van der Waals surface area contributed by atoms with Gasteiger partial charge in [0.2, 0.25) is 0 Å². The van der Waals surface area contributed by atoms with Gasteiger partial charge in [-0.25, -0.2) is 9.97 Å². The van der Waals surface area contributed by atoms with E-state index in [1.165, 1.54) is 0 Å². The summed E-state index contributed by atoms with van der Waals surface area (Å²) in [5.74, 6) is 1.50. The molecular formula is C13H15BrN4. The van der Waals surface area contributed by atoms with Crippen LogP contribution in [0, 0.1) is 6.92 Å². The second-order valence-electron chi connectivity index (χ2n) is 4.01. The van der Waals surface area contributed by atoms with E-state index in [1.54, 1.807) is 6.20 Å². The molecule has 2 heterocycles. The standard InChI is InChI=1S/C13H15BrN4/c1-3-6-15-12-7-9(2)17-13(18-12)11-5-4-10(14)8-16-11/h4-5,7-8H,3,6H2,1-2H3,(H,15,17,18). The molecule has 2 aromatic heterocycles. The van der Waals surface area contributed by atoms with E-state index in [0.29, 0.717) is 5.82 Å². The fraction of sp³-hybridized carbons (Fsp3) is 0.308. The maximum absolute atomic E-state index is 4.47. The molecule has 0 aliphatic rings. The van der Waals surface area contributed by atoms with Crippen LogP contribution in [-0.4, -0.2) is 21.5 Å². The Bertz CT molecular complexity index is 525. The fourth-order valence-corrected chi connectivity index (χ4v) is 1.77. The summed E-state index contributed by atoms with van der Waals surface area (Å²) in [7, 11) is 0. The highest BCUT2D eigenvalue weighted by molar-refractivity contribution is 9.10. The van der Waals surface area contributed by atoms with Crippen LogP contribution < -0.4 is 5.32 Å². The van der Waals surface area contributed by atoms with E-state index in [0.717, 1.165) is 34.6 Å². The number of rotatable bonds is 4. The number of halogens is 1. The molecule has 0 amide bonds. The number of nitrogens with zero attached hydrogens (tertiary/aromatic N) is 3. The largest absolute Gasteiger partial charge is 0.370 e. The Morgan fingerprint density at radius 3 is 2.78 bits per heavy atom. The number of hydrogen-bond donors (Lipinski definition) is 1. The monoisotopic (exact) mass is 306 g/mol. The molecule has 0 aliphatic heterocycles. The molecule has 2 aromatic rings. The van der Waals surface area contributed by atoms with Gasteiger partial charge in [0, 0.05) is 29.0 Å². The molecule has 18 heavy (non-hydrogen) atoms. The molecule has 94 valence electrons. The summed E-state index contributed by atoms with van der Waals surface area (Å²) >= 11 is 3.37. The van der Waals surface area contributed by atoms with Gasteiger partial charge in [0.05, 0.1) is 0 Å². The van der Waals surface area contributed by atoms with E-state index in [-0.39, 0.29) is 0 Å². The number of aryl methyl sites for hydroxylation is 1. The van der Waals surface area contributed by atoms with Crippen molar-refractivity contribution in [3.8, 4) is 11.5 Å². The molecule has 5 heteroatoms. The normalized spacial score (nSPS) is 10.4. The van der Waals surface area contributed by atoms with Crippen molar-refractivity contribution in [2.75, 3.05) is 11.9 Å². The van der Waals surface area contributed by atoms with Gasteiger partial charge < -0.3 is 5.32 Å². The third-order valence-electron chi connectivity index (χ3n) is 2.37. The lowest BCUT2D eigenvalue weighted by Crippen LogP contribution is -2.04. The average molecular weight is 307 g/mol. The SMILES string of the molecule is CCCNc1cc(C)nc(-c2ccc(Br)cn2)n1.